The summed E-state index contributed by atoms with van der Waals surface area (Å²) in [5, 5.41) is 8.76. The lowest BCUT2D eigenvalue weighted by Gasteiger charge is -2.31. The van der Waals surface area contributed by atoms with Crippen LogP contribution in [0.2, 0.25) is 0 Å². The summed E-state index contributed by atoms with van der Waals surface area (Å²) < 4.78 is 31.8. The Morgan fingerprint density at radius 3 is 2.71 bits per heavy atom. The highest BCUT2D eigenvalue weighted by Gasteiger charge is 2.36. The lowest BCUT2D eigenvalue weighted by Crippen LogP contribution is -2.37. The molecule has 1 aliphatic heterocycles. The van der Waals surface area contributed by atoms with Crippen molar-refractivity contribution in [3.05, 3.63) is 47.8 Å². The minimum Gasteiger partial charge on any atom is -0.493 e. The van der Waals surface area contributed by atoms with Crippen LogP contribution in [0, 0.1) is 5.82 Å². The number of rotatable bonds is 7. The number of hydrogen-bond acceptors (Lipinski definition) is 8. The zero-order valence-corrected chi connectivity index (χ0v) is 20.2. The van der Waals surface area contributed by atoms with Gasteiger partial charge in [-0.05, 0) is 56.0 Å². The zero-order chi connectivity index (χ0) is 24.2. The summed E-state index contributed by atoms with van der Waals surface area (Å²) in [6.07, 6.45) is 1.82. The van der Waals surface area contributed by atoms with Gasteiger partial charge in [-0.15, -0.1) is 10.2 Å². The third-order valence-electron chi connectivity index (χ3n) is 5.25. The highest BCUT2D eigenvalue weighted by Crippen LogP contribution is 2.45. The van der Waals surface area contributed by atoms with Gasteiger partial charge in [-0.3, -0.25) is 9.69 Å². The number of halogens is 1. The van der Waals surface area contributed by atoms with Gasteiger partial charge in [0.2, 0.25) is 23.2 Å². The van der Waals surface area contributed by atoms with E-state index in [4.69, 9.17) is 14.2 Å². The van der Waals surface area contributed by atoms with Gasteiger partial charge in [-0.1, -0.05) is 18.7 Å². The Kier molecular flexibility index (Phi) is 7.16. The van der Waals surface area contributed by atoms with E-state index < -0.39 is 12.0 Å². The Hall–Kier alpha value is -3.40. The molecule has 178 valence electrons. The quantitative estimate of drug-likeness (QED) is 0.432. The summed E-state index contributed by atoms with van der Waals surface area (Å²) in [4.78, 5) is 19.4. The molecule has 1 aliphatic rings. The van der Waals surface area contributed by atoms with Crippen LogP contribution in [0.25, 0.3) is 11.3 Å². The van der Waals surface area contributed by atoms with Crippen LogP contribution in [0.5, 0.6) is 17.4 Å². The van der Waals surface area contributed by atoms with E-state index in [1.165, 1.54) is 28.8 Å². The lowest BCUT2D eigenvalue weighted by molar-refractivity contribution is -0.120. The van der Waals surface area contributed by atoms with E-state index in [0.717, 1.165) is 0 Å². The molecule has 0 aliphatic carbocycles. The van der Waals surface area contributed by atoms with Crippen LogP contribution in [0.1, 0.15) is 38.5 Å². The molecule has 2 heterocycles. The fraction of sp³-hybridized carbons (Fsp3) is 0.333. The topological polar surface area (TPSA) is 86.7 Å². The van der Waals surface area contributed by atoms with E-state index in [0.29, 0.717) is 46.5 Å². The van der Waals surface area contributed by atoms with E-state index in [1.54, 1.807) is 25.3 Å². The standard InChI is InChI=1S/C24H25FN4O4S/c1-5-7-20(30)29-17-10-9-15(25)13-16(17)21-22(26-24(34-4)28-27-21)33-23(29)14-8-11-18(32-6-2)19(12-14)31-3/h8-13,23H,5-7H2,1-4H3/t23-/m0/s1. The second kappa shape index (κ2) is 10.3. The van der Waals surface area contributed by atoms with Crippen molar-refractivity contribution in [3.63, 3.8) is 0 Å². The molecule has 1 aromatic heterocycles. The van der Waals surface area contributed by atoms with E-state index in [1.807, 2.05) is 26.2 Å². The molecule has 2 aromatic carbocycles. The van der Waals surface area contributed by atoms with Gasteiger partial charge in [0, 0.05) is 17.5 Å². The molecule has 0 unspecified atom stereocenters. The van der Waals surface area contributed by atoms with Gasteiger partial charge in [0.1, 0.15) is 5.82 Å². The molecule has 1 atom stereocenters. The van der Waals surface area contributed by atoms with Gasteiger partial charge in [0.15, 0.2) is 17.2 Å². The van der Waals surface area contributed by atoms with Gasteiger partial charge in [-0.2, -0.15) is 4.98 Å². The largest absolute Gasteiger partial charge is 0.493 e. The normalized spacial score (nSPS) is 14.5. The summed E-state index contributed by atoms with van der Waals surface area (Å²) in [5.41, 5.74) is 1.75. The highest BCUT2D eigenvalue weighted by molar-refractivity contribution is 7.98. The number of carbonyl (C=O) groups is 1. The first-order valence-electron chi connectivity index (χ1n) is 10.9. The smallest absolute Gasteiger partial charge is 0.247 e. The summed E-state index contributed by atoms with van der Waals surface area (Å²) in [6.45, 7) is 4.28. The number of nitrogens with zero attached hydrogens (tertiary/aromatic N) is 4. The van der Waals surface area contributed by atoms with E-state index in [9.17, 15) is 9.18 Å². The summed E-state index contributed by atoms with van der Waals surface area (Å²) in [7, 11) is 1.55. The number of carbonyl (C=O) groups excluding carboxylic acids is 1. The Bertz CT molecular complexity index is 1210. The maximum atomic E-state index is 14.3. The molecular formula is C24H25FN4O4S. The van der Waals surface area contributed by atoms with Crippen LogP contribution >= 0.6 is 11.8 Å². The lowest BCUT2D eigenvalue weighted by atomic mass is 10.1. The first kappa shape index (κ1) is 23.7. The van der Waals surface area contributed by atoms with Crippen molar-refractivity contribution in [2.75, 3.05) is 24.9 Å². The van der Waals surface area contributed by atoms with Crippen molar-refractivity contribution in [2.24, 2.45) is 0 Å². The molecule has 3 aromatic rings. The van der Waals surface area contributed by atoms with Crippen LogP contribution < -0.4 is 19.1 Å². The summed E-state index contributed by atoms with van der Waals surface area (Å²) in [5.74, 6) is 0.588. The van der Waals surface area contributed by atoms with Gasteiger partial charge < -0.3 is 14.2 Å². The number of ether oxygens (including phenoxy) is 3. The van der Waals surface area contributed by atoms with Crippen LogP contribution in [0.15, 0.2) is 41.6 Å². The van der Waals surface area contributed by atoms with Gasteiger partial charge >= 0.3 is 0 Å². The van der Waals surface area contributed by atoms with Crippen LogP contribution in [0.3, 0.4) is 0 Å². The number of hydrogen-bond donors (Lipinski definition) is 0. The Morgan fingerprint density at radius 1 is 1.18 bits per heavy atom. The molecule has 0 radical (unpaired) electrons. The van der Waals surface area contributed by atoms with Gasteiger partial charge in [0.05, 0.1) is 19.4 Å². The molecule has 1 amide bonds. The fourth-order valence-electron chi connectivity index (χ4n) is 3.76. The molecule has 0 bridgehead atoms. The molecule has 0 fully saturated rings. The average molecular weight is 485 g/mol. The van der Waals surface area contributed by atoms with E-state index >= 15 is 0 Å². The predicted molar refractivity (Wildman–Crippen MR) is 127 cm³/mol. The summed E-state index contributed by atoms with van der Waals surface area (Å²) >= 11 is 1.30. The van der Waals surface area contributed by atoms with E-state index in [-0.39, 0.29) is 23.9 Å². The minimum atomic E-state index is -0.902. The molecular weight excluding hydrogens is 459 g/mol. The third-order valence-corrected chi connectivity index (χ3v) is 5.79. The second-order valence-corrected chi connectivity index (χ2v) is 8.21. The molecule has 0 N–H and O–H groups in total. The van der Waals surface area contributed by atoms with Crippen LogP contribution in [-0.4, -0.2) is 41.1 Å². The van der Waals surface area contributed by atoms with Crippen LogP contribution in [0.4, 0.5) is 10.1 Å². The Labute approximate surface area is 201 Å². The molecule has 0 saturated carbocycles. The molecule has 34 heavy (non-hydrogen) atoms. The van der Waals surface area contributed by atoms with Crippen molar-refractivity contribution in [2.45, 2.75) is 38.1 Å². The van der Waals surface area contributed by atoms with Crippen LogP contribution in [-0.2, 0) is 4.79 Å². The van der Waals surface area contributed by atoms with E-state index in [2.05, 4.69) is 15.2 Å². The van der Waals surface area contributed by atoms with Crippen molar-refractivity contribution in [1.82, 2.24) is 15.2 Å². The zero-order valence-electron chi connectivity index (χ0n) is 19.4. The Morgan fingerprint density at radius 2 is 2.00 bits per heavy atom. The molecule has 8 nitrogen and oxygen atoms in total. The number of methoxy groups -OCH3 is 1. The van der Waals surface area contributed by atoms with Crippen molar-refractivity contribution >= 4 is 23.4 Å². The first-order valence-corrected chi connectivity index (χ1v) is 12.1. The molecule has 10 heteroatoms. The number of fused-ring (bicyclic) bond motifs is 3. The van der Waals surface area contributed by atoms with Gasteiger partial charge in [-0.25, -0.2) is 4.39 Å². The first-order chi connectivity index (χ1) is 16.5. The van der Waals surface area contributed by atoms with Crippen molar-refractivity contribution in [1.29, 1.82) is 0 Å². The molecule has 4 rings (SSSR count). The summed E-state index contributed by atoms with van der Waals surface area (Å²) in [6, 6.07) is 9.53. The number of thioether (sulfide) groups is 1. The number of aromatic nitrogens is 3. The molecule has 0 saturated heterocycles. The number of anilines is 1. The Balaban J connectivity index is 1.95. The van der Waals surface area contributed by atoms with Crippen molar-refractivity contribution < 1.29 is 23.4 Å². The fourth-order valence-corrected chi connectivity index (χ4v) is 4.05. The maximum absolute atomic E-state index is 14.3. The monoisotopic (exact) mass is 484 g/mol. The van der Waals surface area contributed by atoms with Crippen molar-refractivity contribution in [3.8, 4) is 28.6 Å². The molecule has 0 spiro atoms. The predicted octanol–water partition coefficient (Wildman–Crippen LogP) is 5.03. The minimum absolute atomic E-state index is 0.163. The third kappa shape index (κ3) is 4.50. The van der Waals surface area contributed by atoms with Gasteiger partial charge in [0.25, 0.3) is 0 Å². The second-order valence-electron chi connectivity index (χ2n) is 7.44. The maximum Gasteiger partial charge on any atom is 0.247 e. The number of amides is 1. The average Bonchev–Trinajstić information content (AvgIpc) is 2.98. The SMILES string of the molecule is CCCC(=O)N1c2ccc(F)cc2-c2nnc(SC)nc2O[C@H]1c1ccc(OCC)c(OC)c1. The highest BCUT2D eigenvalue weighted by atomic mass is 32.2. The number of benzene rings is 2.